The van der Waals surface area contributed by atoms with Gasteiger partial charge in [-0.2, -0.15) is 0 Å². The maximum Gasteiger partial charge on any atom is 0.220 e. The number of halogens is 1. The van der Waals surface area contributed by atoms with Gasteiger partial charge in [0.2, 0.25) is 5.91 Å². The lowest BCUT2D eigenvalue weighted by atomic mass is 10.1. The molecular weight excluding hydrogens is 306 g/mol. The van der Waals surface area contributed by atoms with Crippen molar-refractivity contribution < 1.29 is 9.53 Å². The molecule has 0 fully saturated rings. The molecule has 1 rings (SSSR count). The fourth-order valence-electron chi connectivity index (χ4n) is 1.86. The van der Waals surface area contributed by atoms with Crippen molar-refractivity contribution in [3.05, 3.63) is 29.8 Å². The smallest absolute Gasteiger partial charge is 0.220 e. The number of benzene rings is 1. The van der Waals surface area contributed by atoms with Crippen molar-refractivity contribution >= 4 is 21.8 Å². The minimum atomic E-state index is 0.128. The van der Waals surface area contributed by atoms with Crippen LogP contribution in [0.3, 0.4) is 0 Å². The van der Waals surface area contributed by atoms with Gasteiger partial charge < -0.3 is 10.1 Å². The number of methoxy groups -OCH3 is 1. The minimum Gasteiger partial charge on any atom is -0.497 e. The highest BCUT2D eigenvalue weighted by Crippen LogP contribution is 2.12. The quantitative estimate of drug-likeness (QED) is 0.744. The van der Waals surface area contributed by atoms with E-state index in [0.29, 0.717) is 6.42 Å². The summed E-state index contributed by atoms with van der Waals surface area (Å²) in [5.74, 6) is 0.972. The molecule has 0 saturated heterocycles. The van der Waals surface area contributed by atoms with Crippen LogP contribution >= 0.6 is 15.9 Å². The topological polar surface area (TPSA) is 38.3 Å². The maximum absolute atomic E-state index is 11.8. The molecular formula is C15H22BrNO2. The van der Waals surface area contributed by atoms with E-state index in [-0.39, 0.29) is 11.9 Å². The lowest BCUT2D eigenvalue weighted by Gasteiger charge is -2.15. The van der Waals surface area contributed by atoms with E-state index in [9.17, 15) is 4.79 Å². The van der Waals surface area contributed by atoms with E-state index in [1.54, 1.807) is 7.11 Å². The zero-order valence-electron chi connectivity index (χ0n) is 11.6. The molecule has 0 heterocycles. The number of ether oxygens (including phenoxy) is 1. The molecule has 106 valence electrons. The number of alkyl halides is 1. The van der Waals surface area contributed by atoms with Crippen molar-refractivity contribution in [1.82, 2.24) is 5.32 Å². The molecule has 0 aliphatic heterocycles. The molecule has 0 bridgehead atoms. The van der Waals surface area contributed by atoms with Gasteiger partial charge in [-0.3, -0.25) is 4.79 Å². The molecule has 1 atom stereocenters. The van der Waals surface area contributed by atoms with Gasteiger partial charge in [-0.25, -0.2) is 0 Å². The van der Waals surface area contributed by atoms with Crippen LogP contribution in [0.4, 0.5) is 0 Å². The van der Waals surface area contributed by atoms with Gasteiger partial charge in [0.05, 0.1) is 7.11 Å². The number of rotatable bonds is 8. The Labute approximate surface area is 123 Å². The number of hydrogen-bond donors (Lipinski definition) is 1. The van der Waals surface area contributed by atoms with Crippen LogP contribution in [-0.4, -0.2) is 24.4 Å². The monoisotopic (exact) mass is 327 g/mol. The van der Waals surface area contributed by atoms with Crippen molar-refractivity contribution in [2.45, 2.75) is 38.6 Å². The Hall–Kier alpha value is -1.03. The third-order valence-electron chi connectivity index (χ3n) is 3.12. The Balaban J connectivity index is 2.36. The molecule has 0 aliphatic carbocycles. The molecule has 0 radical (unpaired) electrons. The number of carbonyl (C=O) groups excluding carboxylic acids is 1. The van der Waals surface area contributed by atoms with E-state index in [0.717, 1.165) is 35.9 Å². The molecule has 1 aromatic carbocycles. The summed E-state index contributed by atoms with van der Waals surface area (Å²) in [7, 11) is 1.65. The Bertz CT molecular complexity index is 378. The average Bonchev–Trinajstić information content (AvgIpc) is 2.45. The largest absolute Gasteiger partial charge is 0.497 e. The van der Waals surface area contributed by atoms with Crippen molar-refractivity contribution in [1.29, 1.82) is 0 Å². The van der Waals surface area contributed by atoms with Crippen molar-refractivity contribution in [3.8, 4) is 5.75 Å². The molecule has 1 N–H and O–H groups in total. The van der Waals surface area contributed by atoms with E-state index in [4.69, 9.17) is 4.74 Å². The maximum atomic E-state index is 11.8. The SMILES string of the molecule is CCC(CCBr)NC(=O)CCc1ccc(OC)cc1. The molecule has 4 heteroatoms. The van der Waals surface area contributed by atoms with Gasteiger partial charge in [0.25, 0.3) is 0 Å². The Morgan fingerprint density at radius 2 is 2.05 bits per heavy atom. The van der Waals surface area contributed by atoms with Crippen LogP contribution in [0.5, 0.6) is 5.75 Å². The summed E-state index contributed by atoms with van der Waals surface area (Å²) in [5, 5.41) is 3.99. The average molecular weight is 328 g/mol. The zero-order valence-corrected chi connectivity index (χ0v) is 13.2. The lowest BCUT2D eigenvalue weighted by molar-refractivity contribution is -0.121. The number of nitrogens with one attached hydrogen (secondary N) is 1. The number of aryl methyl sites for hydroxylation is 1. The number of amides is 1. The van der Waals surface area contributed by atoms with E-state index in [1.165, 1.54) is 0 Å². The molecule has 0 spiro atoms. The van der Waals surface area contributed by atoms with Crippen molar-refractivity contribution in [3.63, 3.8) is 0 Å². The highest BCUT2D eigenvalue weighted by Gasteiger charge is 2.09. The molecule has 1 amide bonds. The van der Waals surface area contributed by atoms with Gasteiger partial charge in [-0.1, -0.05) is 35.0 Å². The molecule has 3 nitrogen and oxygen atoms in total. The molecule has 1 aromatic rings. The highest BCUT2D eigenvalue weighted by atomic mass is 79.9. The van der Waals surface area contributed by atoms with E-state index in [2.05, 4.69) is 28.2 Å². The summed E-state index contributed by atoms with van der Waals surface area (Å²) in [5.41, 5.74) is 1.16. The van der Waals surface area contributed by atoms with Crippen LogP contribution in [-0.2, 0) is 11.2 Å². The van der Waals surface area contributed by atoms with E-state index < -0.39 is 0 Å². The first-order chi connectivity index (χ1) is 9.19. The predicted molar refractivity (Wildman–Crippen MR) is 81.9 cm³/mol. The van der Waals surface area contributed by atoms with E-state index in [1.807, 2.05) is 24.3 Å². The lowest BCUT2D eigenvalue weighted by Crippen LogP contribution is -2.34. The van der Waals surface area contributed by atoms with Crippen LogP contribution in [0.25, 0.3) is 0 Å². The molecule has 0 aromatic heterocycles. The summed E-state index contributed by atoms with van der Waals surface area (Å²) in [6, 6.07) is 8.13. The first kappa shape index (κ1) is 16.0. The zero-order chi connectivity index (χ0) is 14.1. The van der Waals surface area contributed by atoms with Gasteiger partial charge in [0.15, 0.2) is 0 Å². The summed E-state index contributed by atoms with van der Waals surface area (Å²) in [6.07, 6.45) is 3.25. The second-order valence-electron chi connectivity index (χ2n) is 4.50. The van der Waals surface area contributed by atoms with Crippen LogP contribution < -0.4 is 10.1 Å². The normalized spacial score (nSPS) is 11.9. The van der Waals surface area contributed by atoms with Gasteiger partial charge >= 0.3 is 0 Å². The third-order valence-corrected chi connectivity index (χ3v) is 3.57. The Morgan fingerprint density at radius 1 is 1.37 bits per heavy atom. The first-order valence-electron chi connectivity index (χ1n) is 6.67. The van der Waals surface area contributed by atoms with Crippen LogP contribution in [0.15, 0.2) is 24.3 Å². The van der Waals surface area contributed by atoms with Crippen molar-refractivity contribution in [2.24, 2.45) is 0 Å². The second kappa shape index (κ2) is 8.97. The molecule has 1 unspecified atom stereocenters. The second-order valence-corrected chi connectivity index (χ2v) is 5.29. The Kier molecular flexibility index (Phi) is 7.56. The summed E-state index contributed by atoms with van der Waals surface area (Å²) < 4.78 is 5.11. The van der Waals surface area contributed by atoms with Gasteiger partial charge in [0.1, 0.15) is 5.75 Å². The minimum absolute atomic E-state index is 0.128. The molecule has 0 aliphatic rings. The van der Waals surface area contributed by atoms with Crippen LogP contribution in [0.2, 0.25) is 0 Å². The summed E-state index contributed by atoms with van der Waals surface area (Å²) in [4.78, 5) is 11.8. The van der Waals surface area contributed by atoms with Gasteiger partial charge in [-0.15, -0.1) is 0 Å². The highest BCUT2D eigenvalue weighted by molar-refractivity contribution is 9.09. The first-order valence-corrected chi connectivity index (χ1v) is 7.80. The van der Waals surface area contributed by atoms with Crippen LogP contribution in [0.1, 0.15) is 31.7 Å². The number of hydrogen-bond acceptors (Lipinski definition) is 2. The standard InChI is InChI=1S/C15H22BrNO2/c1-3-13(10-11-16)17-15(18)9-6-12-4-7-14(19-2)8-5-12/h4-5,7-8,13H,3,6,9-11H2,1-2H3,(H,17,18). The Morgan fingerprint density at radius 3 is 2.58 bits per heavy atom. The summed E-state index contributed by atoms with van der Waals surface area (Å²) in [6.45, 7) is 2.09. The summed E-state index contributed by atoms with van der Waals surface area (Å²) >= 11 is 3.41. The van der Waals surface area contributed by atoms with E-state index >= 15 is 0 Å². The van der Waals surface area contributed by atoms with Crippen molar-refractivity contribution in [2.75, 3.05) is 12.4 Å². The molecule has 19 heavy (non-hydrogen) atoms. The fraction of sp³-hybridized carbons (Fsp3) is 0.533. The van der Waals surface area contributed by atoms with Gasteiger partial charge in [0, 0.05) is 17.8 Å². The number of carbonyl (C=O) groups is 1. The van der Waals surface area contributed by atoms with Crippen LogP contribution in [0, 0.1) is 0 Å². The fourth-order valence-corrected chi connectivity index (χ4v) is 2.41. The molecule has 0 saturated carbocycles. The third kappa shape index (κ3) is 6.10. The predicted octanol–water partition coefficient (Wildman–Crippen LogP) is 3.31. The van der Waals surface area contributed by atoms with Gasteiger partial charge in [-0.05, 0) is 37.0 Å².